The highest BCUT2D eigenvalue weighted by molar-refractivity contribution is 5.92. The zero-order valence-corrected chi connectivity index (χ0v) is 16.1. The van der Waals surface area contributed by atoms with Gasteiger partial charge in [-0.15, -0.1) is 0 Å². The Balaban J connectivity index is 1.45. The largest absolute Gasteiger partial charge is 0.481 e. The minimum Gasteiger partial charge on any atom is -0.481 e. The summed E-state index contributed by atoms with van der Waals surface area (Å²) in [4.78, 5) is 37.0. The second-order valence-electron chi connectivity index (χ2n) is 7.26. The molecule has 0 unspecified atom stereocenters. The first kappa shape index (κ1) is 18.4. The predicted molar refractivity (Wildman–Crippen MR) is 102 cm³/mol. The van der Waals surface area contributed by atoms with Gasteiger partial charge in [0, 0.05) is 44.4 Å². The maximum atomic E-state index is 12.7. The fourth-order valence-corrected chi connectivity index (χ4v) is 3.73. The molecule has 0 bridgehead atoms. The van der Waals surface area contributed by atoms with E-state index in [1.54, 1.807) is 14.2 Å². The van der Waals surface area contributed by atoms with Crippen LogP contribution in [0.25, 0.3) is 0 Å². The number of methoxy groups -OCH3 is 1. The van der Waals surface area contributed by atoms with Crippen molar-refractivity contribution in [2.45, 2.75) is 37.8 Å². The predicted octanol–water partition coefficient (Wildman–Crippen LogP) is 0.852. The van der Waals surface area contributed by atoms with Crippen LogP contribution in [-0.4, -0.2) is 62.8 Å². The van der Waals surface area contributed by atoms with Crippen LogP contribution in [0, 0.1) is 0 Å². The van der Waals surface area contributed by atoms with E-state index in [1.165, 1.54) is 23.1 Å². The van der Waals surface area contributed by atoms with Crippen molar-refractivity contribution in [3.05, 3.63) is 40.6 Å². The Morgan fingerprint density at radius 2 is 1.86 bits per heavy atom. The fourth-order valence-electron chi connectivity index (χ4n) is 3.73. The SMILES string of the molecule is COc1cc(N(C2CC2)C2CCN(C(=O)c3ccc(=O)n(C)n3)CC2)ncn1. The van der Waals surface area contributed by atoms with E-state index in [-0.39, 0.29) is 11.5 Å². The average molecular weight is 384 g/mol. The van der Waals surface area contributed by atoms with E-state index in [4.69, 9.17) is 4.74 Å². The van der Waals surface area contributed by atoms with Gasteiger partial charge in [0.25, 0.3) is 11.5 Å². The summed E-state index contributed by atoms with van der Waals surface area (Å²) < 4.78 is 6.44. The van der Waals surface area contributed by atoms with Crippen molar-refractivity contribution in [1.82, 2.24) is 24.6 Å². The molecule has 9 nitrogen and oxygen atoms in total. The highest BCUT2D eigenvalue weighted by Crippen LogP contribution is 2.36. The summed E-state index contributed by atoms with van der Waals surface area (Å²) in [5.41, 5.74) is 0.0794. The molecule has 28 heavy (non-hydrogen) atoms. The number of amides is 1. The van der Waals surface area contributed by atoms with Crippen LogP contribution in [0.5, 0.6) is 5.88 Å². The molecule has 2 aromatic rings. The van der Waals surface area contributed by atoms with Gasteiger partial charge in [-0.3, -0.25) is 9.59 Å². The lowest BCUT2D eigenvalue weighted by molar-refractivity contribution is 0.0703. The van der Waals surface area contributed by atoms with Crippen LogP contribution in [-0.2, 0) is 7.05 Å². The number of hydrogen-bond donors (Lipinski definition) is 0. The van der Waals surface area contributed by atoms with Crippen LogP contribution >= 0.6 is 0 Å². The summed E-state index contributed by atoms with van der Waals surface area (Å²) >= 11 is 0. The fraction of sp³-hybridized carbons (Fsp3) is 0.526. The quantitative estimate of drug-likeness (QED) is 0.754. The molecular formula is C19H24N6O3. The van der Waals surface area contributed by atoms with E-state index in [1.807, 2.05) is 11.0 Å². The smallest absolute Gasteiger partial charge is 0.274 e. The Labute approximate surface area is 163 Å². The first-order chi connectivity index (χ1) is 13.6. The van der Waals surface area contributed by atoms with Gasteiger partial charge >= 0.3 is 0 Å². The van der Waals surface area contributed by atoms with Crippen LogP contribution < -0.4 is 15.2 Å². The molecule has 0 spiro atoms. The Kier molecular flexibility index (Phi) is 4.97. The van der Waals surface area contributed by atoms with Crippen LogP contribution in [0.15, 0.2) is 29.3 Å². The molecule has 2 aromatic heterocycles. The maximum Gasteiger partial charge on any atom is 0.274 e. The molecule has 1 aliphatic carbocycles. The molecule has 1 saturated heterocycles. The Morgan fingerprint density at radius 3 is 2.50 bits per heavy atom. The van der Waals surface area contributed by atoms with Crippen molar-refractivity contribution in [2.75, 3.05) is 25.1 Å². The lowest BCUT2D eigenvalue weighted by atomic mass is 10.0. The van der Waals surface area contributed by atoms with Gasteiger partial charge in [0.15, 0.2) is 0 Å². The van der Waals surface area contributed by atoms with Gasteiger partial charge in [-0.25, -0.2) is 14.6 Å². The van der Waals surface area contributed by atoms with Gasteiger partial charge in [0.1, 0.15) is 17.8 Å². The third-order valence-electron chi connectivity index (χ3n) is 5.37. The number of carbonyl (C=O) groups is 1. The van der Waals surface area contributed by atoms with Crippen LogP contribution in [0.1, 0.15) is 36.2 Å². The lowest BCUT2D eigenvalue weighted by Gasteiger charge is -2.39. The van der Waals surface area contributed by atoms with E-state index in [0.29, 0.717) is 36.7 Å². The molecule has 1 saturated carbocycles. The zero-order chi connectivity index (χ0) is 19.7. The number of piperidine rings is 1. The Hall–Kier alpha value is -2.97. The summed E-state index contributed by atoms with van der Waals surface area (Å²) in [5, 5.41) is 4.08. The summed E-state index contributed by atoms with van der Waals surface area (Å²) in [5.74, 6) is 1.32. The topological polar surface area (TPSA) is 93.5 Å². The number of aryl methyl sites for hydroxylation is 1. The number of carbonyl (C=O) groups excluding carboxylic acids is 1. The van der Waals surface area contributed by atoms with Gasteiger partial charge in [-0.2, -0.15) is 5.10 Å². The van der Waals surface area contributed by atoms with Gasteiger partial charge < -0.3 is 14.5 Å². The normalized spacial score (nSPS) is 17.4. The maximum absolute atomic E-state index is 12.7. The molecule has 0 atom stereocenters. The van der Waals surface area contributed by atoms with Crippen molar-refractivity contribution in [1.29, 1.82) is 0 Å². The third kappa shape index (κ3) is 3.69. The van der Waals surface area contributed by atoms with Crippen LogP contribution in [0.2, 0.25) is 0 Å². The van der Waals surface area contributed by atoms with E-state index < -0.39 is 0 Å². The molecule has 2 aliphatic rings. The number of aromatic nitrogens is 4. The molecule has 0 radical (unpaired) electrons. The van der Waals surface area contributed by atoms with Crippen molar-refractivity contribution in [3.63, 3.8) is 0 Å². The molecular weight excluding hydrogens is 360 g/mol. The highest BCUT2D eigenvalue weighted by atomic mass is 16.5. The van der Waals surface area contributed by atoms with E-state index in [0.717, 1.165) is 31.5 Å². The number of anilines is 1. The van der Waals surface area contributed by atoms with Crippen molar-refractivity contribution < 1.29 is 9.53 Å². The second-order valence-corrected chi connectivity index (χ2v) is 7.26. The third-order valence-corrected chi connectivity index (χ3v) is 5.37. The average Bonchev–Trinajstić information content (AvgIpc) is 3.55. The van der Waals surface area contributed by atoms with E-state index in [2.05, 4.69) is 20.0 Å². The van der Waals surface area contributed by atoms with Crippen molar-refractivity contribution >= 4 is 11.7 Å². The number of ether oxygens (including phenoxy) is 1. The summed E-state index contributed by atoms with van der Waals surface area (Å²) in [6.07, 6.45) is 5.58. The molecule has 0 aromatic carbocycles. The van der Waals surface area contributed by atoms with Crippen molar-refractivity contribution in [2.24, 2.45) is 7.05 Å². The Morgan fingerprint density at radius 1 is 1.14 bits per heavy atom. The highest BCUT2D eigenvalue weighted by Gasteiger charge is 2.37. The molecule has 3 heterocycles. The van der Waals surface area contributed by atoms with Crippen LogP contribution in [0.3, 0.4) is 0 Å². The summed E-state index contributed by atoms with van der Waals surface area (Å²) in [7, 11) is 3.15. The van der Waals surface area contributed by atoms with Crippen LogP contribution in [0.4, 0.5) is 5.82 Å². The van der Waals surface area contributed by atoms with Gasteiger partial charge in [-0.05, 0) is 31.7 Å². The van der Waals surface area contributed by atoms with Gasteiger partial charge in [-0.1, -0.05) is 0 Å². The number of likely N-dealkylation sites (tertiary alicyclic amines) is 1. The number of hydrogen-bond acceptors (Lipinski definition) is 7. The number of nitrogens with zero attached hydrogens (tertiary/aromatic N) is 6. The lowest BCUT2D eigenvalue weighted by Crippen LogP contribution is -2.48. The molecule has 4 rings (SSSR count). The zero-order valence-electron chi connectivity index (χ0n) is 16.1. The van der Waals surface area contributed by atoms with E-state index in [9.17, 15) is 9.59 Å². The summed E-state index contributed by atoms with van der Waals surface area (Å²) in [6.45, 7) is 1.30. The van der Waals surface area contributed by atoms with Crippen molar-refractivity contribution in [3.8, 4) is 5.88 Å². The first-order valence-corrected chi connectivity index (χ1v) is 9.55. The molecule has 1 amide bonds. The summed E-state index contributed by atoms with van der Waals surface area (Å²) in [6, 6.07) is 5.58. The molecule has 1 aliphatic heterocycles. The Bertz CT molecular complexity index is 918. The van der Waals surface area contributed by atoms with Gasteiger partial charge in [0.2, 0.25) is 5.88 Å². The molecule has 148 valence electrons. The minimum absolute atomic E-state index is 0.129. The van der Waals surface area contributed by atoms with E-state index >= 15 is 0 Å². The molecule has 0 N–H and O–H groups in total. The first-order valence-electron chi connectivity index (χ1n) is 9.55. The monoisotopic (exact) mass is 384 g/mol. The molecule has 2 fully saturated rings. The minimum atomic E-state index is -0.226. The van der Waals surface area contributed by atoms with Gasteiger partial charge in [0.05, 0.1) is 7.11 Å². The second kappa shape index (κ2) is 7.57. The standard InChI is InChI=1S/C19H24N6O3/c1-23-18(26)6-5-15(22-23)19(27)24-9-7-14(8-10-24)25(13-3-4-13)16-11-17(28-2)21-12-20-16/h5-6,11-14H,3-4,7-10H2,1-2H3. The number of rotatable bonds is 5. The molecule has 9 heteroatoms.